The Hall–Kier alpha value is -1.79. The van der Waals surface area contributed by atoms with Crippen molar-refractivity contribution in [1.29, 1.82) is 0 Å². The summed E-state index contributed by atoms with van der Waals surface area (Å²) in [6, 6.07) is 9.11. The summed E-state index contributed by atoms with van der Waals surface area (Å²) in [6.07, 6.45) is 3.81. The number of pyridine rings is 1. The summed E-state index contributed by atoms with van der Waals surface area (Å²) in [4.78, 5) is 19.6. The number of carbonyl (C=O) groups excluding carboxylic acids is 1. The monoisotopic (exact) mass is 451 g/mol. The standard InChI is InChI=1S/C20H23BrClN3O2/c1-13-3-6-16(11-24-19-8-4-14(21)10-23-19)25(12-13)20(26)17-7-5-15(22)9-18(17)27-2/h4-5,7-10,13,16H,3,6,11-12H2,1-2H3,(H,23,24)/t13-,16?/m0/s1. The molecule has 0 radical (unpaired) electrons. The average Bonchev–Trinajstić information content (AvgIpc) is 2.67. The van der Waals surface area contributed by atoms with E-state index in [2.05, 4.69) is 33.2 Å². The van der Waals surface area contributed by atoms with E-state index in [1.165, 1.54) is 0 Å². The molecule has 1 amide bonds. The highest BCUT2D eigenvalue weighted by atomic mass is 79.9. The van der Waals surface area contributed by atoms with E-state index in [0.717, 1.165) is 29.7 Å². The molecule has 1 fully saturated rings. The van der Waals surface area contributed by atoms with Gasteiger partial charge >= 0.3 is 0 Å². The minimum Gasteiger partial charge on any atom is -0.496 e. The van der Waals surface area contributed by atoms with Crippen molar-refractivity contribution in [2.24, 2.45) is 5.92 Å². The second kappa shape index (κ2) is 8.93. The second-order valence-corrected chi connectivity index (χ2v) is 8.23. The third-order valence-electron chi connectivity index (χ3n) is 4.84. The molecule has 144 valence electrons. The number of piperidine rings is 1. The maximum absolute atomic E-state index is 13.3. The van der Waals surface area contributed by atoms with Gasteiger partial charge in [0.05, 0.1) is 12.7 Å². The number of nitrogens with one attached hydrogen (secondary N) is 1. The molecule has 2 aromatic rings. The van der Waals surface area contributed by atoms with Crippen LogP contribution in [0.25, 0.3) is 0 Å². The summed E-state index contributed by atoms with van der Waals surface area (Å²) in [5.74, 6) is 1.75. The second-order valence-electron chi connectivity index (χ2n) is 6.88. The number of rotatable bonds is 5. The molecule has 1 saturated heterocycles. The first-order valence-corrected chi connectivity index (χ1v) is 10.1. The summed E-state index contributed by atoms with van der Waals surface area (Å²) in [6.45, 7) is 3.56. The largest absolute Gasteiger partial charge is 0.496 e. The van der Waals surface area contributed by atoms with Gasteiger partial charge in [0, 0.05) is 34.8 Å². The van der Waals surface area contributed by atoms with Crippen molar-refractivity contribution in [3.05, 3.63) is 51.6 Å². The molecule has 27 heavy (non-hydrogen) atoms. The van der Waals surface area contributed by atoms with Crippen LogP contribution in [0.4, 0.5) is 5.82 Å². The maximum Gasteiger partial charge on any atom is 0.257 e. The van der Waals surface area contributed by atoms with Crippen LogP contribution in [0.2, 0.25) is 5.02 Å². The molecule has 0 aliphatic carbocycles. The molecule has 0 spiro atoms. The Morgan fingerprint density at radius 1 is 1.37 bits per heavy atom. The lowest BCUT2D eigenvalue weighted by atomic mass is 9.93. The van der Waals surface area contributed by atoms with Crippen molar-refractivity contribution in [3.63, 3.8) is 0 Å². The number of aromatic nitrogens is 1. The third kappa shape index (κ3) is 4.93. The van der Waals surface area contributed by atoms with Gasteiger partial charge in [-0.15, -0.1) is 0 Å². The number of hydrogen-bond donors (Lipinski definition) is 1. The van der Waals surface area contributed by atoms with Gasteiger partial charge in [-0.05, 0) is 65.0 Å². The minimum atomic E-state index is -0.0226. The van der Waals surface area contributed by atoms with Crippen LogP contribution in [0.5, 0.6) is 5.75 Å². The maximum atomic E-state index is 13.3. The number of amides is 1. The van der Waals surface area contributed by atoms with Crippen LogP contribution in [0.15, 0.2) is 41.0 Å². The fourth-order valence-corrected chi connectivity index (χ4v) is 3.77. The number of carbonyl (C=O) groups is 1. The SMILES string of the molecule is COc1cc(Cl)ccc1C(=O)N1C[C@@H](C)CCC1CNc1ccc(Br)cn1. The molecule has 2 heterocycles. The van der Waals surface area contributed by atoms with E-state index in [-0.39, 0.29) is 11.9 Å². The molecule has 1 N–H and O–H groups in total. The Bertz CT molecular complexity index is 800. The smallest absolute Gasteiger partial charge is 0.257 e. The van der Waals surface area contributed by atoms with Crippen molar-refractivity contribution in [3.8, 4) is 5.75 Å². The normalized spacial score (nSPS) is 19.6. The number of benzene rings is 1. The van der Waals surface area contributed by atoms with Crippen molar-refractivity contribution in [2.75, 3.05) is 25.5 Å². The average molecular weight is 453 g/mol. The van der Waals surface area contributed by atoms with Gasteiger partial charge in [0.15, 0.2) is 0 Å². The zero-order valence-electron chi connectivity index (χ0n) is 15.4. The number of hydrogen-bond acceptors (Lipinski definition) is 4. The zero-order valence-corrected chi connectivity index (χ0v) is 17.8. The minimum absolute atomic E-state index is 0.0226. The van der Waals surface area contributed by atoms with Crippen LogP contribution >= 0.6 is 27.5 Å². The van der Waals surface area contributed by atoms with Crippen LogP contribution in [0.1, 0.15) is 30.1 Å². The van der Waals surface area contributed by atoms with Gasteiger partial charge in [-0.1, -0.05) is 18.5 Å². The van der Waals surface area contributed by atoms with E-state index >= 15 is 0 Å². The Morgan fingerprint density at radius 2 is 2.19 bits per heavy atom. The topological polar surface area (TPSA) is 54.5 Å². The van der Waals surface area contributed by atoms with Gasteiger partial charge in [-0.25, -0.2) is 4.98 Å². The molecule has 1 aliphatic rings. The lowest BCUT2D eigenvalue weighted by molar-refractivity contribution is 0.0562. The lowest BCUT2D eigenvalue weighted by Gasteiger charge is -2.39. The molecule has 1 aromatic carbocycles. The van der Waals surface area contributed by atoms with Crippen LogP contribution < -0.4 is 10.1 Å². The van der Waals surface area contributed by atoms with E-state index in [1.54, 1.807) is 31.5 Å². The highest BCUT2D eigenvalue weighted by Crippen LogP contribution is 2.29. The highest BCUT2D eigenvalue weighted by molar-refractivity contribution is 9.10. The van der Waals surface area contributed by atoms with E-state index in [9.17, 15) is 4.79 Å². The molecule has 5 nitrogen and oxygen atoms in total. The van der Waals surface area contributed by atoms with Crippen LogP contribution in [0.3, 0.4) is 0 Å². The predicted octanol–water partition coefficient (Wildman–Crippen LogP) is 4.86. The zero-order chi connectivity index (χ0) is 19.4. The van der Waals surface area contributed by atoms with Crippen LogP contribution in [0, 0.1) is 5.92 Å². The summed E-state index contributed by atoms with van der Waals surface area (Å²) >= 11 is 9.43. The fourth-order valence-electron chi connectivity index (χ4n) is 3.37. The molecular weight excluding hydrogens is 430 g/mol. The molecule has 1 aliphatic heterocycles. The van der Waals surface area contributed by atoms with E-state index in [1.807, 2.05) is 17.0 Å². The first-order valence-electron chi connectivity index (χ1n) is 8.98. The Balaban J connectivity index is 1.77. The molecule has 7 heteroatoms. The Kier molecular flexibility index (Phi) is 6.60. The van der Waals surface area contributed by atoms with Crippen LogP contribution in [-0.2, 0) is 0 Å². The quantitative estimate of drug-likeness (QED) is 0.704. The van der Waals surface area contributed by atoms with Gasteiger partial charge < -0.3 is 15.0 Å². The predicted molar refractivity (Wildman–Crippen MR) is 112 cm³/mol. The van der Waals surface area contributed by atoms with Crippen LogP contribution in [-0.4, -0.2) is 42.0 Å². The molecule has 0 saturated carbocycles. The number of methoxy groups -OCH3 is 1. The first-order chi connectivity index (χ1) is 13.0. The third-order valence-corrected chi connectivity index (χ3v) is 5.55. The van der Waals surface area contributed by atoms with Gasteiger partial charge in [-0.3, -0.25) is 4.79 Å². The number of likely N-dealkylation sites (tertiary alicyclic amines) is 1. The molecular formula is C20H23BrClN3O2. The van der Waals surface area contributed by atoms with E-state index in [4.69, 9.17) is 16.3 Å². The fraction of sp³-hybridized carbons (Fsp3) is 0.400. The van der Waals surface area contributed by atoms with Crippen molar-refractivity contribution >= 4 is 39.3 Å². The van der Waals surface area contributed by atoms with Gasteiger partial charge in [0.1, 0.15) is 11.6 Å². The summed E-state index contributed by atoms with van der Waals surface area (Å²) in [7, 11) is 1.56. The van der Waals surface area contributed by atoms with Gasteiger partial charge in [0.2, 0.25) is 0 Å². The molecule has 2 atom stereocenters. The number of ether oxygens (including phenoxy) is 1. The van der Waals surface area contributed by atoms with E-state index in [0.29, 0.717) is 28.8 Å². The van der Waals surface area contributed by atoms with Gasteiger partial charge in [-0.2, -0.15) is 0 Å². The molecule has 1 aromatic heterocycles. The molecule has 0 bridgehead atoms. The number of nitrogens with zero attached hydrogens (tertiary/aromatic N) is 2. The van der Waals surface area contributed by atoms with Crippen molar-refractivity contribution < 1.29 is 9.53 Å². The van der Waals surface area contributed by atoms with Gasteiger partial charge in [0.25, 0.3) is 5.91 Å². The van der Waals surface area contributed by atoms with Crippen molar-refractivity contribution in [2.45, 2.75) is 25.8 Å². The lowest BCUT2D eigenvalue weighted by Crippen LogP contribution is -2.49. The molecule has 3 rings (SSSR count). The Morgan fingerprint density at radius 3 is 2.89 bits per heavy atom. The summed E-state index contributed by atoms with van der Waals surface area (Å²) < 4.78 is 6.31. The number of anilines is 1. The summed E-state index contributed by atoms with van der Waals surface area (Å²) in [5, 5.41) is 3.90. The molecule has 1 unspecified atom stereocenters. The Labute approximate surface area is 173 Å². The highest BCUT2D eigenvalue weighted by Gasteiger charge is 2.31. The van der Waals surface area contributed by atoms with Crippen molar-refractivity contribution in [1.82, 2.24) is 9.88 Å². The first kappa shape index (κ1) is 20.0. The van der Waals surface area contributed by atoms with E-state index < -0.39 is 0 Å². The summed E-state index contributed by atoms with van der Waals surface area (Å²) in [5.41, 5.74) is 0.544. The number of halogens is 2.